The van der Waals surface area contributed by atoms with E-state index in [-0.39, 0.29) is 5.91 Å². The second-order valence-corrected chi connectivity index (χ2v) is 8.47. The Morgan fingerprint density at radius 2 is 1.67 bits per heavy atom. The van der Waals surface area contributed by atoms with Crippen molar-refractivity contribution in [2.45, 2.75) is 45.6 Å². The van der Waals surface area contributed by atoms with Crippen LogP contribution in [0.25, 0.3) is 0 Å². The van der Waals surface area contributed by atoms with Crippen molar-refractivity contribution in [2.75, 3.05) is 15.9 Å². The van der Waals surface area contributed by atoms with Gasteiger partial charge in [-0.2, -0.15) is 0 Å². The number of anilines is 2. The molecule has 1 N–H and O–H groups in total. The Hall–Kier alpha value is -2.34. The quantitative estimate of drug-likeness (QED) is 0.700. The number of rotatable bonds is 9. The average molecular weight is 389 g/mol. The standard InChI is InChI=1S/C21H28N2O3S/c1-4-6-10-17-13-15-18(16-14-17)22-21(24)20(5-2)23(27(3,25)26)19-11-8-7-9-12-19/h7-9,11-16,20H,4-6,10H2,1-3H3,(H,22,24)/t20-/m0/s1. The molecule has 1 atom stereocenters. The molecule has 0 saturated carbocycles. The Morgan fingerprint density at radius 3 is 2.19 bits per heavy atom. The second-order valence-electron chi connectivity index (χ2n) is 6.61. The van der Waals surface area contributed by atoms with Gasteiger partial charge < -0.3 is 5.32 Å². The minimum Gasteiger partial charge on any atom is -0.324 e. The number of amides is 1. The molecule has 0 bridgehead atoms. The topological polar surface area (TPSA) is 66.5 Å². The average Bonchev–Trinajstić information content (AvgIpc) is 2.65. The zero-order valence-corrected chi connectivity index (χ0v) is 17.0. The molecule has 0 unspecified atom stereocenters. The van der Waals surface area contributed by atoms with Crippen LogP contribution in [0.15, 0.2) is 54.6 Å². The molecule has 0 spiro atoms. The van der Waals surface area contributed by atoms with Crippen LogP contribution < -0.4 is 9.62 Å². The van der Waals surface area contributed by atoms with Gasteiger partial charge >= 0.3 is 0 Å². The zero-order chi connectivity index (χ0) is 19.9. The van der Waals surface area contributed by atoms with Gasteiger partial charge in [0.05, 0.1) is 11.9 Å². The maximum atomic E-state index is 12.8. The van der Waals surface area contributed by atoms with Gasteiger partial charge in [0.1, 0.15) is 6.04 Å². The van der Waals surface area contributed by atoms with E-state index in [4.69, 9.17) is 0 Å². The molecular formula is C21H28N2O3S. The van der Waals surface area contributed by atoms with Crippen LogP contribution in [0.2, 0.25) is 0 Å². The number of para-hydroxylation sites is 1. The number of nitrogens with one attached hydrogen (secondary N) is 1. The van der Waals surface area contributed by atoms with Crippen molar-refractivity contribution in [1.29, 1.82) is 0 Å². The van der Waals surface area contributed by atoms with E-state index in [2.05, 4.69) is 12.2 Å². The minimum absolute atomic E-state index is 0.340. The minimum atomic E-state index is -3.61. The van der Waals surface area contributed by atoms with Crippen LogP contribution in [0.1, 0.15) is 38.7 Å². The summed E-state index contributed by atoms with van der Waals surface area (Å²) < 4.78 is 26.0. The molecule has 0 radical (unpaired) electrons. The summed E-state index contributed by atoms with van der Waals surface area (Å²) in [4.78, 5) is 12.8. The molecule has 0 aliphatic rings. The Kier molecular flexibility index (Phi) is 7.42. The van der Waals surface area contributed by atoms with E-state index >= 15 is 0 Å². The fourth-order valence-corrected chi connectivity index (χ4v) is 4.21. The number of benzene rings is 2. The molecule has 0 aliphatic carbocycles. The molecule has 27 heavy (non-hydrogen) atoms. The van der Waals surface area contributed by atoms with Gasteiger partial charge in [-0.15, -0.1) is 0 Å². The molecule has 0 aromatic heterocycles. The summed E-state index contributed by atoms with van der Waals surface area (Å²) in [6, 6.07) is 15.6. The zero-order valence-electron chi connectivity index (χ0n) is 16.2. The van der Waals surface area contributed by atoms with Gasteiger partial charge in [0.15, 0.2) is 0 Å². The number of hydrogen-bond donors (Lipinski definition) is 1. The fraction of sp³-hybridized carbons (Fsp3) is 0.381. The van der Waals surface area contributed by atoms with Gasteiger partial charge in [0, 0.05) is 5.69 Å². The van der Waals surface area contributed by atoms with Crippen LogP contribution in [0.5, 0.6) is 0 Å². The molecular weight excluding hydrogens is 360 g/mol. The Labute approximate surface area is 162 Å². The van der Waals surface area contributed by atoms with E-state index in [1.165, 1.54) is 9.87 Å². The lowest BCUT2D eigenvalue weighted by molar-refractivity contribution is -0.117. The summed E-state index contributed by atoms with van der Waals surface area (Å²) in [6.07, 6.45) is 4.76. The van der Waals surface area contributed by atoms with Crippen molar-refractivity contribution in [1.82, 2.24) is 0 Å². The summed E-state index contributed by atoms with van der Waals surface area (Å²) in [7, 11) is -3.61. The lowest BCUT2D eigenvalue weighted by atomic mass is 10.1. The van der Waals surface area contributed by atoms with Crippen molar-refractivity contribution in [2.24, 2.45) is 0 Å². The number of hydrogen-bond acceptors (Lipinski definition) is 3. The highest BCUT2D eigenvalue weighted by atomic mass is 32.2. The van der Waals surface area contributed by atoms with Crippen LogP contribution in [0, 0.1) is 0 Å². The SMILES string of the molecule is CCCCc1ccc(NC(=O)[C@H](CC)N(c2ccccc2)S(C)(=O)=O)cc1. The first-order valence-electron chi connectivity index (χ1n) is 9.31. The van der Waals surface area contributed by atoms with E-state index in [1.807, 2.05) is 30.3 Å². The lowest BCUT2D eigenvalue weighted by Gasteiger charge is -2.30. The maximum absolute atomic E-state index is 12.8. The number of unbranched alkanes of at least 4 members (excludes halogenated alkanes) is 1. The normalized spacial score (nSPS) is 12.4. The number of carbonyl (C=O) groups is 1. The number of nitrogens with zero attached hydrogens (tertiary/aromatic N) is 1. The largest absolute Gasteiger partial charge is 0.324 e. The van der Waals surface area contributed by atoms with Gasteiger partial charge in [-0.3, -0.25) is 9.10 Å². The number of aryl methyl sites for hydroxylation is 1. The number of carbonyl (C=O) groups excluding carboxylic acids is 1. The summed E-state index contributed by atoms with van der Waals surface area (Å²) in [5, 5.41) is 2.85. The first kappa shape index (κ1) is 21.0. The second kappa shape index (κ2) is 9.55. The molecule has 0 saturated heterocycles. The van der Waals surface area contributed by atoms with Gasteiger partial charge in [-0.05, 0) is 49.1 Å². The van der Waals surface area contributed by atoms with Crippen molar-refractivity contribution in [3.63, 3.8) is 0 Å². The highest BCUT2D eigenvalue weighted by Gasteiger charge is 2.31. The Morgan fingerprint density at radius 1 is 1.04 bits per heavy atom. The predicted octanol–water partition coefficient (Wildman–Crippen LogP) is 4.21. The summed E-state index contributed by atoms with van der Waals surface area (Å²) >= 11 is 0. The van der Waals surface area contributed by atoms with Crippen LogP contribution in [-0.2, 0) is 21.2 Å². The lowest BCUT2D eigenvalue weighted by Crippen LogP contribution is -2.46. The third-order valence-electron chi connectivity index (χ3n) is 4.38. The van der Waals surface area contributed by atoms with E-state index in [0.29, 0.717) is 17.8 Å². The summed E-state index contributed by atoms with van der Waals surface area (Å²) in [6.45, 7) is 3.96. The summed E-state index contributed by atoms with van der Waals surface area (Å²) in [5.41, 5.74) is 2.38. The van der Waals surface area contributed by atoms with Gasteiger partial charge in [-0.25, -0.2) is 8.42 Å². The molecule has 2 rings (SSSR count). The number of sulfonamides is 1. The highest BCUT2D eigenvalue weighted by Crippen LogP contribution is 2.23. The third-order valence-corrected chi connectivity index (χ3v) is 5.56. The first-order valence-corrected chi connectivity index (χ1v) is 11.2. The molecule has 0 heterocycles. The predicted molar refractivity (Wildman–Crippen MR) is 112 cm³/mol. The molecule has 1 amide bonds. The van der Waals surface area contributed by atoms with E-state index in [0.717, 1.165) is 25.5 Å². The van der Waals surface area contributed by atoms with Gasteiger partial charge in [-0.1, -0.05) is 50.6 Å². The first-order chi connectivity index (χ1) is 12.9. The molecule has 0 fully saturated rings. The molecule has 5 nitrogen and oxygen atoms in total. The van der Waals surface area contributed by atoms with Gasteiger partial charge in [0.25, 0.3) is 0 Å². The third kappa shape index (κ3) is 5.82. The van der Waals surface area contributed by atoms with Crippen molar-refractivity contribution < 1.29 is 13.2 Å². The van der Waals surface area contributed by atoms with Crippen LogP contribution in [0.4, 0.5) is 11.4 Å². The Bertz CT molecular complexity index is 833. The molecule has 146 valence electrons. The smallest absolute Gasteiger partial charge is 0.248 e. The Balaban J connectivity index is 2.20. The fourth-order valence-electron chi connectivity index (χ4n) is 3.00. The molecule has 0 aliphatic heterocycles. The van der Waals surface area contributed by atoms with E-state index in [1.54, 1.807) is 31.2 Å². The maximum Gasteiger partial charge on any atom is 0.248 e. The highest BCUT2D eigenvalue weighted by molar-refractivity contribution is 7.92. The van der Waals surface area contributed by atoms with Crippen LogP contribution in [0.3, 0.4) is 0 Å². The molecule has 2 aromatic carbocycles. The van der Waals surface area contributed by atoms with Crippen molar-refractivity contribution >= 4 is 27.3 Å². The molecule has 2 aromatic rings. The van der Waals surface area contributed by atoms with Crippen LogP contribution >= 0.6 is 0 Å². The van der Waals surface area contributed by atoms with Gasteiger partial charge in [0.2, 0.25) is 15.9 Å². The van der Waals surface area contributed by atoms with Crippen molar-refractivity contribution in [3.8, 4) is 0 Å². The van der Waals surface area contributed by atoms with E-state index < -0.39 is 16.1 Å². The van der Waals surface area contributed by atoms with Crippen molar-refractivity contribution in [3.05, 3.63) is 60.2 Å². The van der Waals surface area contributed by atoms with Crippen LogP contribution in [-0.4, -0.2) is 26.6 Å². The monoisotopic (exact) mass is 388 g/mol. The summed E-state index contributed by atoms with van der Waals surface area (Å²) in [5.74, 6) is -0.340. The molecule has 6 heteroatoms. The van der Waals surface area contributed by atoms with E-state index in [9.17, 15) is 13.2 Å².